The Hall–Kier alpha value is -2.04. The van der Waals surface area contributed by atoms with Gasteiger partial charge in [-0.25, -0.2) is 0 Å². The molecule has 110 valence electrons. The van der Waals surface area contributed by atoms with Crippen molar-refractivity contribution in [2.75, 3.05) is 25.0 Å². The van der Waals surface area contributed by atoms with Crippen molar-refractivity contribution in [3.63, 3.8) is 0 Å². The van der Waals surface area contributed by atoms with E-state index in [1.54, 1.807) is 12.1 Å². The molecule has 4 nitrogen and oxygen atoms in total. The molecule has 1 aliphatic rings. The van der Waals surface area contributed by atoms with Crippen LogP contribution in [0.25, 0.3) is 0 Å². The van der Waals surface area contributed by atoms with Crippen molar-refractivity contribution in [3.05, 3.63) is 29.3 Å². The van der Waals surface area contributed by atoms with Crippen LogP contribution < -0.4 is 5.32 Å². The lowest BCUT2D eigenvalue weighted by Crippen LogP contribution is -2.41. The van der Waals surface area contributed by atoms with Crippen LogP contribution in [-0.4, -0.2) is 30.6 Å². The van der Waals surface area contributed by atoms with Gasteiger partial charge in [-0.3, -0.25) is 0 Å². The number of likely N-dealkylation sites (tertiary alicyclic amines) is 1. The van der Waals surface area contributed by atoms with Gasteiger partial charge in [0.2, 0.25) is 0 Å². The number of hydrogen-bond donors (Lipinski definition) is 1. The minimum Gasteiger partial charge on any atom is -0.382 e. The highest BCUT2D eigenvalue weighted by molar-refractivity contribution is 5.56. The van der Waals surface area contributed by atoms with Crippen LogP contribution in [0.5, 0.6) is 0 Å². The van der Waals surface area contributed by atoms with Crippen molar-refractivity contribution in [1.82, 2.24) is 4.90 Å². The molecule has 2 atom stereocenters. The summed E-state index contributed by atoms with van der Waals surface area (Å²) in [4.78, 5) is 2.49. The molecule has 0 saturated carbocycles. The summed E-state index contributed by atoms with van der Waals surface area (Å²) in [5.41, 5.74) is 1.80. The number of hydrogen-bond acceptors (Lipinski definition) is 4. The van der Waals surface area contributed by atoms with E-state index in [1.165, 1.54) is 19.4 Å². The highest BCUT2D eigenvalue weighted by Gasteiger charge is 2.23. The molecule has 0 amide bonds. The van der Waals surface area contributed by atoms with E-state index in [-0.39, 0.29) is 0 Å². The third-order valence-corrected chi connectivity index (χ3v) is 4.35. The van der Waals surface area contributed by atoms with E-state index < -0.39 is 0 Å². The van der Waals surface area contributed by atoms with Crippen LogP contribution in [0.2, 0.25) is 0 Å². The molecular weight excluding hydrogens is 260 g/mol. The van der Waals surface area contributed by atoms with Gasteiger partial charge in [-0.1, -0.05) is 6.92 Å². The molecule has 1 heterocycles. The Kier molecular flexibility index (Phi) is 5.20. The Morgan fingerprint density at radius 2 is 2.10 bits per heavy atom. The van der Waals surface area contributed by atoms with E-state index in [0.29, 0.717) is 23.1 Å². The summed E-state index contributed by atoms with van der Waals surface area (Å²) in [6.45, 7) is 7.86. The number of nitrogens with one attached hydrogen (secondary N) is 1. The van der Waals surface area contributed by atoms with Crippen molar-refractivity contribution in [3.8, 4) is 12.1 Å². The van der Waals surface area contributed by atoms with Crippen LogP contribution in [0, 0.1) is 28.6 Å². The summed E-state index contributed by atoms with van der Waals surface area (Å²) in [6, 6.07) is 9.87. The maximum absolute atomic E-state index is 9.09. The highest BCUT2D eigenvalue weighted by atomic mass is 15.1. The SMILES string of the molecule is CCN1CCCC(C(C)Nc2ccc(C#N)c(C#N)c2)C1. The van der Waals surface area contributed by atoms with Crippen LogP contribution in [0.1, 0.15) is 37.8 Å². The lowest BCUT2D eigenvalue weighted by molar-refractivity contribution is 0.172. The van der Waals surface area contributed by atoms with Crippen LogP contribution >= 0.6 is 0 Å². The third-order valence-electron chi connectivity index (χ3n) is 4.35. The van der Waals surface area contributed by atoms with Crippen LogP contribution in [0.3, 0.4) is 0 Å². The van der Waals surface area contributed by atoms with Crippen molar-refractivity contribution < 1.29 is 0 Å². The second-order valence-electron chi connectivity index (χ2n) is 5.71. The Labute approximate surface area is 127 Å². The van der Waals surface area contributed by atoms with Gasteiger partial charge in [-0.05, 0) is 57.0 Å². The number of nitriles is 2. The third kappa shape index (κ3) is 3.74. The maximum atomic E-state index is 9.09. The molecule has 0 spiro atoms. The first kappa shape index (κ1) is 15.4. The first-order valence-corrected chi connectivity index (χ1v) is 7.61. The molecule has 1 N–H and O–H groups in total. The first-order valence-electron chi connectivity index (χ1n) is 7.61. The summed E-state index contributed by atoms with van der Waals surface area (Å²) >= 11 is 0. The summed E-state index contributed by atoms with van der Waals surface area (Å²) in [5, 5.41) is 21.5. The summed E-state index contributed by atoms with van der Waals surface area (Å²) in [5.74, 6) is 0.625. The van der Waals surface area contributed by atoms with Gasteiger partial charge in [0, 0.05) is 18.3 Å². The van der Waals surface area contributed by atoms with Crippen molar-refractivity contribution in [1.29, 1.82) is 10.5 Å². The molecule has 0 aromatic heterocycles. The highest BCUT2D eigenvalue weighted by Crippen LogP contribution is 2.23. The minimum absolute atomic E-state index is 0.360. The predicted molar refractivity (Wildman–Crippen MR) is 83.8 cm³/mol. The van der Waals surface area contributed by atoms with Gasteiger partial charge in [0.1, 0.15) is 12.1 Å². The molecule has 0 bridgehead atoms. The van der Waals surface area contributed by atoms with E-state index in [4.69, 9.17) is 10.5 Å². The summed E-state index contributed by atoms with van der Waals surface area (Å²) < 4.78 is 0. The monoisotopic (exact) mass is 282 g/mol. The van der Waals surface area contributed by atoms with E-state index in [1.807, 2.05) is 12.1 Å². The summed E-state index contributed by atoms with van der Waals surface area (Å²) in [7, 11) is 0. The molecule has 1 saturated heterocycles. The Bertz CT molecular complexity index is 567. The molecule has 1 fully saturated rings. The average molecular weight is 282 g/mol. The van der Waals surface area contributed by atoms with Crippen LogP contribution in [-0.2, 0) is 0 Å². The molecule has 1 aromatic carbocycles. The molecule has 2 unspecified atom stereocenters. The molecule has 1 aromatic rings. The second-order valence-corrected chi connectivity index (χ2v) is 5.71. The van der Waals surface area contributed by atoms with Gasteiger partial charge >= 0.3 is 0 Å². The topological polar surface area (TPSA) is 62.9 Å². The maximum Gasteiger partial charge on any atom is 0.101 e. The molecule has 1 aliphatic heterocycles. The largest absolute Gasteiger partial charge is 0.382 e. The van der Waals surface area contributed by atoms with Gasteiger partial charge in [-0.2, -0.15) is 10.5 Å². The molecule has 0 aliphatic carbocycles. The zero-order valence-electron chi connectivity index (χ0n) is 12.8. The Morgan fingerprint density at radius 1 is 1.33 bits per heavy atom. The van der Waals surface area contributed by atoms with E-state index in [0.717, 1.165) is 18.8 Å². The fraction of sp³-hybridized carbons (Fsp3) is 0.529. The quantitative estimate of drug-likeness (QED) is 0.922. The fourth-order valence-electron chi connectivity index (χ4n) is 2.99. The first-order chi connectivity index (χ1) is 10.2. The molecule has 4 heteroatoms. The smallest absolute Gasteiger partial charge is 0.101 e. The van der Waals surface area contributed by atoms with Crippen molar-refractivity contribution in [2.24, 2.45) is 5.92 Å². The fourth-order valence-corrected chi connectivity index (χ4v) is 2.99. The minimum atomic E-state index is 0.360. The van der Waals surface area contributed by atoms with E-state index in [2.05, 4.69) is 30.1 Å². The van der Waals surface area contributed by atoms with Crippen molar-refractivity contribution >= 4 is 5.69 Å². The summed E-state index contributed by atoms with van der Waals surface area (Å²) in [6.07, 6.45) is 2.49. The number of nitrogens with zero attached hydrogens (tertiary/aromatic N) is 3. The van der Waals surface area contributed by atoms with Gasteiger partial charge in [0.05, 0.1) is 11.1 Å². The second kappa shape index (κ2) is 7.11. The van der Waals surface area contributed by atoms with E-state index >= 15 is 0 Å². The molecule has 0 radical (unpaired) electrons. The van der Waals surface area contributed by atoms with Gasteiger partial charge in [0.25, 0.3) is 0 Å². The number of rotatable bonds is 4. The zero-order valence-corrected chi connectivity index (χ0v) is 12.8. The number of benzene rings is 1. The van der Waals surface area contributed by atoms with Gasteiger partial charge in [0.15, 0.2) is 0 Å². The van der Waals surface area contributed by atoms with Crippen LogP contribution in [0.4, 0.5) is 5.69 Å². The standard InChI is InChI=1S/C17H22N4/c1-3-21-8-4-5-15(12-21)13(2)20-17-7-6-14(10-18)16(9-17)11-19/h6-7,9,13,15,20H,3-5,8,12H2,1-2H3. The molecule has 2 rings (SSSR count). The van der Waals surface area contributed by atoms with Crippen molar-refractivity contribution in [2.45, 2.75) is 32.7 Å². The molecular formula is C17H22N4. The lowest BCUT2D eigenvalue weighted by Gasteiger charge is -2.35. The zero-order chi connectivity index (χ0) is 15.2. The lowest BCUT2D eigenvalue weighted by atomic mass is 9.91. The van der Waals surface area contributed by atoms with E-state index in [9.17, 15) is 0 Å². The van der Waals surface area contributed by atoms with Gasteiger partial charge < -0.3 is 10.2 Å². The average Bonchev–Trinajstić information content (AvgIpc) is 2.54. The molecule has 21 heavy (non-hydrogen) atoms. The number of piperidine rings is 1. The Balaban J connectivity index is 2.04. The Morgan fingerprint density at radius 3 is 2.76 bits per heavy atom. The van der Waals surface area contributed by atoms with Crippen LogP contribution in [0.15, 0.2) is 18.2 Å². The van der Waals surface area contributed by atoms with Gasteiger partial charge in [-0.15, -0.1) is 0 Å². The predicted octanol–water partition coefficient (Wildman–Crippen LogP) is 2.96. The normalized spacial score (nSPS) is 20.3. The number of anilines is 1.